The molecule has 1 aromatic heterocycles. The van der Waals surface area contributed by atoms with Crippen LogP contribution in [0.5, 0.6) is 0 Å². The van der Waals surface area contributed by atoms with Crippen LogP contribution >= 0.6 is 0 Å². The lowest BCUT2D eigenvalue weighted by Crippen LogP contribution is -2.48. The van der Waals surface area contributed by atoms with Gasteiger partial charge in [0.1, 0.15) is 17.3 Å². The molecule has 2 fully saturated rings. The number of benzene rings is 1. The summed E-state index contributed by atoms with van der Waals surface area (Å²) in [6, 6.07) is 3.06. The van der Waals surface area contributed by atoms with E-state index in [9.17, 15) is 26.8 Å². The molecule has 3 heterocycles. The van der Waals surface area contributed by atoms with Crippen molar-refractivity contribution < 1.29 is 36.0 Å². The molecule has 1 atom stereocenters. The molecule has 0 N–H and O–H groups in total. The summed E-state index contributed by atoms with van der Waals surface area (Å²) in [7, 11) is -4.02. The van der Waals surface area contributed by atoms with Crippen molar-refractivity contribution in [3.63, 3.8) is 0 Å². The summed E-state index contributed by atoms with van der Waals surface area (Å²) >= 11 is 0. The normalized spacial score (nSPS) is 19.7. The van der Waals surface area contributed by atoms with Crippen molar-refractivity contribution in [1.82, 2.24) is 14.4 Å². The largest absolute Gasteiger partial charge is 0.466 e. The summed E-state index contributed by atoms with van der Waals surface area (Å²) in [5, 5.41) is 3.78. The van der Waals surface area contributed by atoms with E-state index in [1.807, 2.05) is 0 Å². The van der Waals surface area contributed by atoms with Gasteiger partial charge in [-0.2, -0.15) is 4.31 Å². The highest BCUT2D eigenvalue weighted by atomic mass is 32.2. The van der Waals surface area contributed by atoms with Gasteiger partial charge < -0.3 is 14.2 Å². The number of hydrogen-bond donors (Lipinski definition) is 0. The molecule has 0 saturated carbocycles. The number of piperidine rings is 2. The monoisotopic (exact) mass is 551 g/mol. The van der Waals surface area contributed by atoms with Gasteiger partial charge in [-0.1, -0.05) is 5.16 Å². The summed E-state index contributed by atoms with van der Waals surface area (Å²) in [5.74, 6) is -2.62. The minimum absolute atomic E-state index is 0.0611. The predicted octanol–water partition coefficient (Wildman–Crippen LogP) is 3.63. The number of esters is 1. The number of halogens is 2. The van der Waals surface area contributed by atoms with Crippen LogP contribution in [-0.4, -0.2) is 67.4 Å². The molecule has 0 bridgehead atoms. The third kappa shape index (κ3) is 5.96. The topological polar surface area (TPSA) is 110 Å². The van der Waals surface area contributed by atoms with Crippen LogP contribution in [0.15, 0.2) is 27.6 Å². The van der Waals surface area contributed by atoms with Crippen molar-refractivity contribution in [1.29, 1.82) is 0 Å². The Morgan fingerprint density at radius 1 is 1.13 bits per heavy atom. The molecule has 1 amide bonds. The first-order chi connectivity index (χ1) is 18.1. The van der Waals surface area contributed by atoms with E-state index in [0.29, 0.717) is 45.4 Å². The Balaban J connectivity index is 1.42. The van der Waals surface area contributed by atoms with Gasteiger partial charge in [0.05, 0.1) is 12.5 Å². The first-order valence-corrected chi connectivity index (χ1v) is 14.1. The number of ether oxygens (including phenoxy) is 1. The van der Waals surface area contributed by atoms with Crippen molar-refractivity contribution in [2.75, 3.05) is 32.8 Å². The van der Waals surface area contributed by atoms with E-state index in [1.54, 1.807) is 11.8 Å². The number of sulfonamides is 1. The van der Waals surface area contributed by atoms with Crippen LogP contribution in [0.1, 0.15) is 49.6 Å². The van der Waals surface area contributed by atoms with Crippen LogP contribution in [0.3, 0.4) is 0 Å². The van der Waals surface area contributed by atoms with E-state index in [2.05, 4.69) is 5.16 Å². The second-order valence-electron chi connectivity index (χ2n) is 9.51. The van der Waals surface area contributed by atoms with Crippen molar-refractivity contribution in [2.24, 2.45) is 11.8 Å². The zero-order chi connectivity index (χ0) is 27.4. The van der Waals surface area contributed by atoms with Crippen LogP contribution in [0.4, 0.5) is 8.78 Å². The van der Waals surface area contributed by atoms with Gasteiger partial charge in [-0.05, 0) is 63.8 Å². The number of aryl methyl sites for hydroxylation is 1. The van der Waals surface area contributed by atoms with Crippen LogP contribution in [-0.2, 0) is 24.3 Å². The zero-order valence-electron chi connectivity index (χ0n) is 21.4. The molecule has 2 aromatic rings. The highest BCUT2D eigenvalue weighted by molar-refractivity contribution is 7.89. The molecule has 9 nitrogen and oxygen atoms in total. The predicted molar refractivity (Wildman–Crippen MR) is 134 cm³/mol. The summed E-state index contributed by atoms with van der Waals surface area (Å²) in [5.41, 5.74) is 0.215. The summed E-state index contributed by atoms with van der Waals surface area (Å²) in [6.07, 6.45) is 4.66. The standard InChI is InChI=1S/C26H31F2N3O6S/c1-3-36-26(33)20-5-4-12-30(16-20)25(32)19-10-13-31(14-11-19)38(34,35)24-17(2)29-37-23(24)9-7-18-6-8-21(27)15-22(18)28/h6-9,15,19-20H,3-5,10-14,16H2,1-2H3/b9-7+/t20-/m1/s1. The van der Waals surface area contributed by atoms with Crippen molar-refractivity contribution in [3.8, 4) is 0 Å². The quantitative estimate of drug-likeness (QED) is 0.484. The fourth-order valence-corrected chi connectivity index (χ4v) is 6.68. The molecule has 0 unspecified atom stereocenters. The van der Waals surface area contributed by atoms with Gasteiger partial charge >= 0.3 is 5.97 Å². The first-order valence-electron chi connectivity index (χ1n) is 12.7. The SMILES string of the molecule is CCOC(=O)[C@@H]1CCCN(C(=O)C2CCN(S(=O)(=O)c3c(C)noc3/C=C/c3ccc(F)cc3F)CC2)C1. The molecule has 0 aliphatic carbocycles. The second kappa shape index (κ2) is 11.7. The number of carbonyl (C=O) groups is 2. The smallest absolute Gasteiger partial charge is 0.310 e. The number of likely N-dealkylation sites (tertiary alicyclic amines) is 1. The van der Waals surface area contributed by atoms with Gasteiger partial charge in [0.2, 0.25) is 15.9 Å². The van der Waals surface area contributed by atoms with Gasteiger partial charge in [0.15, 0.2) is 10.7 Å². The van der Waals surface area contributed by atoms with E-state index in [4.69, 9.17) is 9.26 Å². The Morgan fingerprint density at radius 2 is 1.87 bits per heavy atom. The number of hydrogen-bond acceptors (Lipinski definition) is 7. The highest BCUT2D eigenvalue weighted by Gasteiger charge is 2.38. The molecule has 4 rings (SSSR count). The minimum Gasteiger partial charge on any atom is -0.466 e. The molecule has 38 heavy (non-hydrogen) atoms. The average molecular weight is 552 g/mol. The Morgan fingerprint density at radius 3 is 2.55 bits per heavy atom. The first kappa shape index (κ1) is 27.9. The lowest BCUT2D eigenvalue weighted by Gasteiger charge is -2.36. The van der Waals surface area contributed by atoms with E-state index in [-0.39, 0.29) is 58.7 Å². The van der Waals surface area contributed by atoms with Crippen LogP contribution in [0.2, 0.25) is 0 Å². The molecule has 0 spiro atoms. The van der Waals surface area contributed by atoms with Crippen molar-refractivity contribution in [2.45, 2.75) is 44.4 Å². The fraction of sp³-hybridized carbons (Fsp3) is 0.500. The van der Waals surface area contributed by atoms with Crippen molar-refractivity contribution in [3.05, 3.63) is 46.9 Å². The summed E-state index contributed by atoms with van der Waals surface area (Å²) in [4.78, 5) is 26.9. The Hall–Kier alpha value is -3.12. The lowest BCUT2D eigenvalue weighted by atomic mass is 9.93. The molecule has 206 valence electrons. The molecule has 2 aliphatic heterocycles. The fourth-order valence-electron chi connectivity index (χ4n) is 4.96. The van der Waals surface area contributed by atoms with E-state index in [1.165, 1.54) is 29.4 Å². The maximum absolute atomic E-state index is 14.0. The molecule has 12 heteroatoms. The van der Waals surface area contributed by atoms with E-state index in [0.717, 1.165) is 12.1 Å². The molecular weight excluding hydrogens is 520 g/mol. The second-order valence-corrected chi connectivity index (χ2v) is 11.4. The van der Waals surface area contributed by atoms with Crippen LogP contribution in [0, 0.1) is 30.4 Å². The number of nitrogens with zero attached hydrogens (tertiary/aromatic N) is 3. The van der Waals surface area contributed by atoms with E-state index >= 15 is 0 Å². The number of rotatable bonds is 7. The van der Waals surface area contributed by atoms with E-state index < -0.39 is 21.7 Å². The molecule has 2 saturated heterocycles. The number of aromatic nitrogens is 1. The average Bonchev–Trinajstić information content (AvgIpc) is 3.29. The summed E-state index contributed by atoms with van der Waals surface area (Å²) < 4.78 is 65.8. The Kier molecular flexibility index (Phi) is 8.61. The number of amides is 1. The molecular formula is C26H31F2N3O6S. The van der Waals surface area contributed by atoms with Gasteiger partial charge in [0, 0.05) is 43.7 Å². The molecule has 2 aliphatic rings. The Labute approximate surface area is 220 Å². The Bertz CT molecular complexity index is 1320. The van der Waals surface area contributed by atoms with Crippen LogP contribution in [0.25, 0.3) is 12.2 Å². The third-order valence-corrected chi connectivity index (χ3v) is 9.02. The third-order valence-electron chi connectivity index (χ3n) is 6.96. The maximum atomic E-state index is 14.0. The van der Waals surface area contributed by atoms with Gasteiger partial charge in [-0.25, -0.2) is 17.2 Å². The minimum atomic E-state index is -4.02. The molecule has 0 radical (unpaired) electrons. The van der Waals surface area contributed by atoms with Gasteiger partial charge in [-0.3, -0.25) is 9.59 Å². The highest BCUT2D eigenvalue weighted by Crippen LogP contribution is 2.31. The lowest BCUT2D eigenvalue weighted by molar-refractivity contribution is -0.152. The van der Waals surface area contributed by atoms with Gasteiger partial charge in [0.25, 0.3) is 0 Å². The number of carbonyl (C=O) groups excluding carboxylic acids is 2. The molecule has 1 aromatic carbocycles. The van der Waals surface area contributed by atoms with Crippen LogP contribution < -0.4 is 0 Å². The van der Waals surface area contributed by atoms with Crippen molar-refractivity contribution >= 4 is 34.1 Å². The summed E-state index contributed by atoms with van der Waals surface area (Å²) in [6.45, 7) is 4.69. The van der Waals surface area contributed by atoms with Gasteiger partial charge in [-0.15, -0.1) is 0 Å². The maximum Gasteiger partial charge on any atom is 0.310 e. The zero-order valence-corrected chi connectivity index (χ0v) is 22.2.